The highest BCUT2D eigenvalue weighted by Crippen LogP contribution is 2.15. The first kappa shape index (κ1) is 11.5. The fourth-order valence-corrected chi connectivity index (χ4v) is 2.07. The van der Waals surface area contributed by atoms with E-state index in [2.05, 4.69) is 16.9 Å². The summed E-state index contributed by atoms with van der Waals surface area (Å²) in [5.41, 5.74) is 7.86. The van der Waals surface area contributed by atoms with E-state index in [4.69, 9.17) is 5.73 Å². The van der Waals surface area contributed by atoms with Crippen LogP contribution in [0, 0.1) is 13.8 Å². The van der Waals surface area contributed by atoms with Crippen LogP contribution in [0.25, 0.3) is 0 Å². The zero-order chi connectivity index (χ0) is 10.6. The molecule has 0 aromatic carbocycles. The average Bonchev–Trinajstić information content (AvgIpc) is 2.12. The zero-order valence-electron chi connectivity index (χ0n) is 8.95. The first-order valence-electron chi connectivity index (χ1n) is 4.82. The minimum atomic E-state index is 0.240. The predicted molar refractivity (Wildman–Crippen MR) is 60.5 cm³/mol. The van der Waals surface area contributed by atoms with Gasteiger partial charge < -0.3 is 5.73 Å². The van der Waals surface area contributed by atoms with E-state index < -0.39 is 0 Å². The van der Waals surface area contributed by atoms with Crippen LogP contribution in [-0.4, -0.2) is 21.8 Å². The molecule has 0 fully saturated rings. The van der Waals surface area contributed by atoms with Gasteiger partial charge in [0.25, 0.3) is 0 Å². The molecule has 0 aliphatic heterocycles. The Kier molecular flexibility index (Phi) is 4.35. The van der Waals surface area contributed by atoms with Gasteiger partial charge in [-0.2, -0.15) is 0 Å². The number of hydrogen-bond acceptors (Lipinski definition) is 4. The molecule has 2 N–H and O–H groups in total. The summed E-state index contributed by atoms with van der Waals surface area (Å²) in [5.74, 6) is 0.888. The van der Waals surface area contributed by atoms with Gasteiger partial charge in [-0.05, 0) is 26.3 Å². The molecule has 0 unspecified atom stereocenters. The third-order valence-corrected chi connectivity index (χ3v) is 2.95. The van der Waals surface area contributed by atoms with E-state index in [9.17, 15) is 0 Å². The SMILES string of the molecule is CC[C@H](N)CSc1nc(C)cc(C)n1. The van der Waals surface area contributed by atoms with Crippen molar-refractivity contribution < 1.29 is 0 Å². The molecule has 0 radical (unpaired) electrons. The van der Waals surface area contributed by atoms with E-state index in [0.717, 1.165) is 28.7 Å². The van der Waals surface area contributed by atoms with Crippen molar-refractivity contribution in [2.75, 3.05) is 5.75 Å². The Bertz CT molecular complexity index is 281. The smallest absolute Gasteiger partial charge is 0.188 e. The largest absolute Gasteiger partial charge is 0.327 e. The van der Waals surface area contributed by atoms with E-state index in [1.54, 1.807) is 11.8 Å². The Morgan fingerprint density at radius 3 is 2.43 bits per heavy atom. The van der Waals surface area contributed by atoms with Crippen molar-refractivity contribution in [2.45, 2.75) is 38.4 Å². The summed E-state index contributed by atoms with van der Waals surface area (Å²) in [7, 11) is 0. The number of nitrogens with zero attached hydrogens (tertiary/aromatic N) is 2. The standard InChI is InChI=1S/C10H17N3S/c1-4-9(11)6-14-10-12-7(2)5-8(3)13-10/h5,9H,4,6,11H2,1-3H3/t9-/m0/s1. The normalized spacial score (nSPS) is 12.9. The number of hydrogen-bond donors (Lipinski definition) is 1. The van der Waals surface area contributed by atoms with Gasteiger partial charge in [-0.15, -0.1) is 0 Å². The number of aryl methyl sites for hydroxylation is 2. The molecule has 1 aromatic rings. The molecule has 0 aliphatic rings. The number of aromatic nitrogens is 2. The predicted octanol–water partition coefficient (Wildman–Crippen LogP) is 1.92. The molecule has 78 valence electrons. The molecule has 0 saturated carbocycles. The molecule has 0 saturated heterocycles. The van der Waals surface area contributed by atoms with E-state index in [1.165, 1.54) is 0 Å². The Morgan fingerprint density at radius 2 is 1.93 bits per heavy atom. The molecule has 4 heteroatoms. The second-order valence-electron chi connectivity index (χ2n) is 3.41. The van der Waals surface area contributed by atoms with Crippen LogP contribution in [0.3, 0.4) is 0 Å². The van der Waals surface area contributed by atoms with Crippen molar-refractivity contribution in [1.82, 2.24) is 9.97 Å². The Hall–Kier alpha value is -0.610. The van der Waals surface area contributed by atoms with E-state index in [1.807, 2.05) is 19.9 Å². The lowest BCUT2D eigenvalue weighted by atomic mass is 10.3. The van der Waals surface area contributed by atoms with Crippen LogP contribution in [0.4, 0.5) is 0 Å². The highest BCUT2D eigenvalue weighted by Gasteiger charge is 2.04. The summed E-state index contributed by atoms with van der Waals surface area (Å²) in [5, 5.41) is 0.839. The second-order valence-corrected chi connectivity index (χ2v) is 4.40. The van der Waals surface area contributed by atoms with E-state index in [-0.39, 0.29) is 6.04 Å². The van der Waals surface area contributed by atoms with Crippen molar-refractivity contribution in [3.63, 3.8) is 0 Å². The molecule has 14 heavy (non-hydrogen) atoms. The van der Waals surface area contributed by atoms with Gasteiger partial charge in [-0.3, -0.25) is 0 Å². The highest BCUT2D eigenvalue weighted by molar-refractivity contribution is 7.99. The lowest BCUT2D eigenvalue weighted by Gasteiger charge is -2.07. The summed E-state index contributed by atoms with van der Waals surface area (Å²) in [6.45, 7) is 6.06. The number of thioether (sulfide) groups is 1. The molecule has 1 atom stereocenters. The van der Waals surface area contributed by atoms with Gasteiger partial charge in [0.2, 0.25) is 0 Å². The van der Waals surface area contributed by atoms with Crippen LogP contribution < -0.4 is 5.73 Å². The maximum absolute atomic E-state index is 5.82. The van der Waals surface area contributed by atoms with Crippen molar-refractivity contribution in [2.24, 2.45) is 5.73 Å². The van der Waals surface area contributed by atoms with Crippen LogP contribution >= 0.6 is 11.8 Å². The van der Waals surface area contributed by atoms with Gasteiger partial charge in [0, 0.05) is 23.2 Å². The molecule has 0 spiro atoms. The van der Waals surface area contributed by atoms with Crippen LogP contribution in [0.5, 0.6) is 0 Å². The molecule has 3 nitrogen and oxygen atoms in total. The lowest BCUT2D eigenvalue weighted by Crippen LogP contribution is -2.21. The summed E-state index contributed by atoms with van der Waals surface area (Å²) in [4.78, 5) is 8.67. The highest BCUT2D eigenvalue weighted by atomic mass is 32.2. The van der Waals surface area contributed by atoms with Crippen LogP contribution in [0.1, 0.15) is 24.7 Å². The first-order chi connectivity index (χ1) is 6.61. The Morgan fingerprint density at radius 1 is 1.36 bits per heavy atom. The van der Waals surface area contributed by atoms with Crippen LogP contribution in [-0.2, 0) is 0 Å². The molecule has 1 heterocycles. The van der Waals surface area contributed by atoms with Gasteiger partial charge in [-0.1, -0.05) is 18.7 Å². The fraction of sp³-hybridized carbons (Fsp3) is 0.600. The zero-order valence-corrected chi connectivity index (χ0v) is 9.77. The third-order valence-electron chi connectivity index (χ3n) is 1.91. The van der Waals surface area contributed by atoms with Crippen LogP contribution in [0.2, 0.25) is 0 Å². The van der Waals surface area contributed by atoms with Gasteiger partial charge in [-0.25, -0.2) is 9.97 Å². The van der Waals surface area contributed by atoms with Crippen molar-refractivity contribution in [3.8, 4) is 0 Å². The van der Waals surface area contributed by atoms with E-state index in [0.29, 0.717) is 0 Å². The summed E-state index contributed by atoms with van der Waals surface area (Å²) in [6, 6.07) is 2.22. The monoisotopic (exact) mass is 211 g/mol. The second kappa shape index (κ2) is 5.32. The minimum absolute atomic E-state index is 0.240. The Balaban J connectivity index is 2.58. The Labute approximate surface area is 89.5 Å². The van der Waals surface area contributed by atoms with Crippen molar-refractivity contribution in [3.05, 3.63) is 17.5 Å². The van der Waals surface area contributed by atoms with Gasteiger partial charge in [0.15, 0.2) is 5.16 Å². The fourth-order valence-electron chi connectivity index (χ4n) is 1.06. The third kappa shape index (κ3) is 3.64. The topological polar surface area (TPSA) is 51.8 Å². The van der Waals surface area contributed by atoms with Crippen molar-refractivity contribution in [1.29, 1.82) is 0 Å². The van der Waals surface area contributed by atoms with Gasteiger partial charge in [0.05, 0.1) is 0 Å². The minimum Gasteiger partial charge on any atom is -0.327 e. The maximum Gasteiger partial charge on any atom is 0.188 e. The first-order valence-corrected chi connectivity index (χ1v) is 5.81. The quantitative estimate of drug-likeness (QED) is 0.610. The number of rotatable bonds is 4. The van der Waals surface area contributed by atoms with Gasteiger partial charge in [0.1, 0.15) is 0 Å². The molecule has 0 aliphatic carbocycles. The maximum atomic E-state index is 5.82. The molecule has 0 amide bonds. The number of nitrogens with two attached hydrogens (primary N) is 1. The van der Waals surface area contributed by atoms with Crippen LogP contribution in [0.15, 0.2) is 11.2 Å². The average molecular weight is 211 g/mol. The summed E-state index contributed by atoms with van der Waals surface area (Å²) >= 11 is 1.63. The lowest BCUT2D eigenvalue weighted by molar-refractivity contribution is 0.722. The van der Waals surface area contributed by atoms with Crippen molar-refractivity contribution >= 4 is 11.8 Å². The summed E-state index contributed by atoms with van der Waals surface area (Å²) in [6.07, 6.45) is 0.998. The molecule has 1 aromatic heterocycles. The van der Waals surface area contributed by atoms with Gasteiger partial charge >= 0.3 is 0 Å². The molecular weight excluding hydrogens is 194 g/mol. The summed E-state index contributed by atoms with van der Waals surface area (Å²) < 4.78 is 0. The molecule has 1 rings (SSSR count). The van der Waals surface area contributed by atoms with E-state index >= 15 is 0 Å². The molecule has 0 bridgehead atoms. The molecular formula is C10H17N3S.